The van der Waals surface area contributed by atoms with Crippen molar-refractivity contribution in [2.45, 2.75) is 10.9 Å². The number of hydrogen-bond acceptors (Lipinski definition) is 5. The van der Waals surface area contributed by atoms with Crippen LogP contribution in [0.2, 0.25) is 10.0 Å². The van der Waals surface area contributed by atoms with Gasteiger partial charge in [0.15, 0.2) is 4.34 Å². The van der Waals surface area contributed by atoms with Crippen molar-refractivity contribution in [2.24, 2.45) is 0 Å². The molecule has 1 heterocycles. The second kappa shape index (κ2) is 7.26. The number of amides is 1. The standard InChI is InChI=1S/C12H11Cl2N3OS2/c1-17(5-8-2-3-9(13)10(14)4-8)11(18)6-19-12-16-15-7-20-12/h2-4,7H,5-6H2,1H3. The van der Waals surface area contributed by atoms with Gasteiger partial charge in [-0.2, -0.15) is 0 Å². The molecule has 8 heteroatoms. The number of carbonyl (C=O) groups is 1. The highest BCUT2D eigenvalue weighted by Crippen LogP contribution is 2.23. The average molecular weight is 348 g/mol. The lowest BCUT2D eigenvalue weighted by Gasteiger charge is -2.17. The number of thioether (sulfide) groups is 1. The van der Waals surface area contributed by atoms with Gasteiger partial charge in [-0.15, -0.1) is 10.2 Å². The largest absolute Gasteiger partial charge is 0.341 e. The van der Waals surface area contributed by atoms with Gasteiger partial charge in [-0.25, -0.2) is 0 Å². The van der Waals surface area contributed by atoms with E-state index in [0.29, 0.717) is 22.3 Å². The van der Waals surface area contributed by atoms with E-state index in [0.717, 1.165) is 9.90 Å². The van der Waals surface area contributed by atoms with Gasteiger partial charge < -0.3 is 4.90 Å². The van der Waals surface area contributed by atoms with Gasteiger partial charge in [0.25, 0.3) is 0 Å². The summed E-state index contributed by atoms with van der Waals surface area (Å²) in [5.41, 5.74) is 2.59. The molecule has 20 heavy (non-hydrogen) atoms. The van der Waals surface area contributed by atoms with Crippen LogP contribution in [0.15, 0.2) is 28.0 Å². The number of carbonyl (C=O) groups excluding carboxylic acids is 1. The highest BCUT2D eigenvalue weighted by Gasteiger charge is 2.11. The number of rotatable bonds is 5. The zero-order chi connectivity index (χ0) is 14.5. The Kier molecular flexibility index (Phi) is 5.65. The number of benzene rings is 1. The molecule has 0 saturated heterocycles. The van der Waals surface area contributed by atoms with Crippen LogP contribution in [0.4, 0.5) is 0 Å². The van der Waals surface area contributed by atoms with Crippen molar-refractivity contribution in [3.63, 3.8) is 0 Å². The molecule has 4 nitrogen and oxygen atoms in total. The second-order valence-corrected chi connectivity index (χ2v) is 6.86. The first-order chi connectivity index (χ1) is 9.56. The minimum atomic E-state index is 0.0243. The van der Waals surface area contributed by atoms with Gasteiger partial charge >= 0.3 is 0 Å². The molecular weight excluding hydrogens is 337 g/mol. The summed E-state index contributed by atoms with van der Waals surface area (Å²) >= 11 is 14.6. The molecular formula is C12H11Cl2N3OS2. The summed E-state index contributed by atoms with van der Waals surface area (Å²) < 4.78 is 0.793. The van der Waals surface area contributed by atoms with Crippen LogP contribution < -0.4 is 0 Å². The Hall–Kier alpha value is -0.820. The van der Waals surface area contributed by atoms with Gasteiger partial charge in [-0.3, -0.25) is 4.79 Å². The van der Waals surface area contributed by atoms with Crippen molar-refractivity contribution in [1.82, 2.24) is 15.1 Å². The predicted molar refractivity (Wildman–Crippen MR) is 83.6 cm³/mol. The number of halogens is 2. The topological polar surface area (TPSA) is 46.1 Å². The van der Waals surface area contributed by atoms with Crippen LogP contribution in [-0.2, 0) is 11.3 Å². The molecule has 2 rings (SSSR count). The number of nitrogens with zero attached hydrogens (tertiary/aromatic N) is 3. The molecule has 0 aliphatic heterocycles. The van der Waals surface area contributed by atoms with Crippen LogP contribution in [0.1, 0.15) is 5.56 Å². The van der Waals surface area contributed by atoms with E-state index in [9.17, 15) is 4.79 Å². The first-order valence-corrected chi connectivity index (χ1v) is 8.25. The van der Waals surface area contributed by atoms with Crippen molar-refractivity contribution in [3.05, 3.63) is 39.3 Å². The molecule has 0 N–H and O–H groups in total. The molecule has 0 aliphatic carbocycles. The van der Waals surface area contributed by atoms with Gasteiger partial charge in [0.1, 0.15) is 5.51 Å². The van der Waals surface area contributed by atoms with Crippen molar-refractivity contribution in [3.8, 4) is 0 Å². The monoisotopic (exact) mass is 347 g/mol. The van der Waals surface area contributed by atoms with E-state index in [1.807, 2.05) is 6.07 Å². The molecule has 106 valence electrons. The van der Waals surface area contributed by atoms with E-state index in [4.69, 9.17) is 23.2 Å². The summed E-state index contributed by atoms with van der Waals surface area (Å²) in [6, 6.07) is 5.36. The minimum Gasteiger partial charge on any atom is -0.341 e. The SMILES string of the molecule is CN(Cc1ccc(Cl)c(Cl)c1)C(=O)CSc1nncs1. The van der Waals surface area contributed by atoms with Crippen LogP contribution in [0, 0.1) is 0 Å². The third kappa shape index (κ3) is 4.34. The Morgan fingerprint density at radius 3 is 2.85 bits per heavy atom. The molecule has 0 aliphatic rings. The van der Waals surface area contributed by atoms with Crippen LogP contribution in [0.3, 0.4) is 0 Å². The molecule has 0 saturated carbocycles. The lowest BCUT2D eigenvalue weighted by molar-refractivity contribution is -0.127. The maximum atomic E-state index is 12.0. The zero-order valence-corrected chi connectivity index (χ0v) is 13.7. The molecule has 1 aromatic carbocycles. The maximum absolute atomic E-state index is 12.0. The summed E-state index contributed by atoms with van der Waals surface area (Å²) in [6.45, 7) is 0.492. The van der Waals surface area contributed by atoms with Crippen LogP contribution in [0.25, 0.3) is 0 Å². The average Bonchev–Trinajstić information content (AvgIpc) is 2.93. The second-order valence-electron chi connectivity index (χ2n) is 3.99. The van der Waals surface area contributed by atoms with Crippen LogP contribution in [-0.4, -0.2) is 33.8 Å². The third-order valence-corrected chi connectivity index (χ3v) is 5.07. The zero-order valence-electron chi connectivity index (χ0n) is 10.5. The lowest BCUT2D eigenvalue weighted by atomic mass is 10.2. The molecule has 1 aromatic heterocycles. The molecule has 0 bridgehead atoms. The number of aromatic nitrogens is 2. The summed E-state index contributed by atoms with van der Waals surface area (Å²) in [5, 5.41) is 8.61. The van der Waals surface area contributed by atoms with Crippen LogP contribution in [0.5, 0.6) is 0 Å². The minimum absolute atomic E-state index is 0.0243. The molecule has 2 aromatic rings. The lowest BCUT2D eigenvalue weighted by Crippen LogP contribution is -2.27. The van der Waals surface area contributed by atoms with Gasteiger partial charge in [0.05, 0.1) is 15.8 Å². The Bertz CT molecular complexity index is 592. The maximum Gasteiger partial charge on any atom is 0.233 e. The van der Waals surface area contributed by atoms with Gasteiger partial charge in [0.2, 0.25) is 5.91 Å². The number of hydrogen-bond donors (Lipinski definition) is 0. The summed E-state index contributed by atoms with van der Waals surface area (Å²) in [7, 11) is 1.76. The first-order valence-electron chi connectivity index (χ1n) is 5.63. The fourth-order valence-corrected chi connectivity index (χ4v) is 3.21. The molecule has 0 atom stereocenters. The highest BCUT2D eigenvalue weighted by molar-refractivity contribution is 8.01. The van der Waals surface area contributed by atoms with Crippen molar-refractivity contribution in [1.29, 1.82) is 0 Å². The summed E-state index contributed by atoms with van der Waals surface area (Å²) in [6.07, 6.45) is 0. The third-order valence-electron chi connectivity index (χ3n) is 2.49. The Balaban J connectivity index is 1.88. The van der Waals surface area contributed by atoms with Gasteiger partial charge in [-0.05, 0) is 17.7 Å². The summed E-state index contributed by atoms with van der Waals surface area (Å²) in [4.78, 5) is 13.6. The van der Waals surface area contributed by atoms with E-state index in [1.165, 1.54) is 23.1 Å². The highest BCUT2D eigenvalue weighted by atomic mass is 35.5. The van der Waals surface area contributed by atoms with E-state index in [1.54, 1.807) is 29.6 Å². The molecule has 0 spiro atoms. The van der Waals surface area contributed by atoms with Crippen molar-refractivity contribution < 1.29 is 4.79 Å². The predicted octanol–water partition coefficient (Wildman–Crippen LogP) is 3.60. The quantitative estimate of drug-likeness (QED) is 0.775. The van der Waals surface area contributed by atoms with Crippen molar-refractivity contribution >= 4 is 52.2 Å². The van der Waals surface area contributed by atoms with E-state index in [2.05, 4.69) is 10.2 Å². The fraction of sp³-hybridized carbons (Fsp3) is 0.250. The Morgan fingerprint density at radius 1 is 1.40 bits per heavy atom. The Morgan fingerprint density at radius 2 is 2.20 bits per heavy atom. The van der Waals surface area contributed by atoms with E-state index < -0.39 is 0 Å². The van der Waals surface area contributed by atoms with Gasteiger partial charge in [0, 0.05) is 13.6 Å². The smallest absolute Gasteiger partial charge is 0.233 e. The van der Waals surface area contributed by atoms with E-state index in [-0.39, 0.29) is 5.91 Å². The van der Waals surface area contributed by atoms with Crippen molar-refractivity contribution in [2.75, 3.05) is 12.8 Å². The Labute approximate surface area is 135 Å². The molecule has 0 radical (unpaired) electrons. The van der Waals surface area contributed by atoms with Gasteiger partial charge in [-0.1, -0.05) is 52.4 Å². The van der Waals surface area contributed by atoms with Crippen LogP contribution >= 0.6 is 46.3 Å². The summed E-state index contributed by atoms with van der Waals surface area (Å²) in [5.74, 6) is 0.365. The molecule has 0 unspecified atom stereocenters. The normalized spacial score (nSPS) is 10.6. The first kappa shape index (κ1) is 15.6. The molecule has 0 fully saturated rings. The fourth-order valence-electron chi connectivity index (χ4n) is 1.46. The van der Waals surface area contributed by atoms with E-state index >= 15 is 0 Å². The molecule has 1 amide bonds.